The van der Waals surface area contributed by atoms with Crippen molar-refractivity contribution in [1.29, 1.82) is 0 Å². The highest BCUT2D eigenvalue weighted by atomic mass is 19.4. The molecule has 0 aliphatic carbocycles. The number of fused-ring (bicyclic) bond motifs is 1. The Morgan fingerprint density at radius 1 is 1.05 bits per heavy atom. The summed E-state index contributed by atoms with van der Waals surface area (Å²) in [6.45, 7) is 3.14. The number of carbonyl (C=O) groups excluding carboxylic acids is 1. The van der Waals surface area contributed by atoms with Gasteiger partial charge in [0.1, 0.15) is 0 Å². The molecule has 0 bridgehead atoms. The van der Waals surface area contributed by atoms with E-state index in [9.17, 15) is 31.1 Å². The monoisotopic (exact) mass is 598 g/mol. The van der Waals surface area contributed by atoms with Crippen LogP contribution in [-0.4, -0.2) is 40.8 Å². The molecule has 0 unspecified atom stereocenters. The number of benzene rings is 1. The number of halogens is 6. The summed E-state index contributed by atoms with van der Waals surface area (Å²) in [5.74, 6) is 0.157. The molecule has 3 heterocycles. The first-order valence-electron chi connectivity index (χ1n) is 12.9. The minimum atomic E-state index is -5.03. The lowest BCUT2D eigenvalue weighted by Crippen LogP contribution is -2.48. The number of pyridine rings is 1. The number of amides is 1. The summed E-state index contributed by atoms with van der Waals surface area (Å²) in [6, 6.07) is 3.24. The molecule has 0 radical (unpaired) electrons. The van der Waals surface area contributed by atoms with Crippen molar-refractivity contribution >= 4 is 23.4 Å². The van der Waals surface area contributed by atoms with E-state index in [1.165, 1.54) is 35.4 Å². The van der Waals surface area contributed by atoms with Crippen molar-refractivity contribution in [2.75, 3.05) is 29.3 Å². The molecule has 4 rings (SSSR count). The van der Waals surface area contributed by atoms with Gasteiger partial charge in [-0.2, -0.15) is 26.3 Å². The van der Waals surface area contributed by atoms with E-state index in [0.29, 0.717) is 24.2 Å². The Hall–Kier alpha value is -4.30. The number of alkyl halides is 6. The summed E-state index contributed by atoms with van der Waals surface area (Å²) in [5.41, 5.74) is 3.38. The number of ether oxygens (including phenoxy) is 2. The third-order valence-corrected chi connectivity index (χ3v) is 6.75. The lowest BCUT2D eigenvalue weighted by Gasteiger charge is -2.43. The molecule has 2 aromatic heterocycles. The normalized spacial score (nSPS) is 17.0. The summed E-state index contributed by atoms with van der Waals surface area (Å²) < 4.78 is 92.5. The fourth-order valence-corrected chi connectivity index (χ4v) is 4.85. The minimum absolute atomic E-state index is 0.0184. The summed E-state index contributed by atoms with van der Waals surface area (Å²) in [4.78, 5) is 28.9. The van der Waals surface area contributed by atoms with Crippen LogP contribution in [0.4, 0.5) is 48.5 Å². The molecule has 2 atom stereocenters. The molecule has 42 heavy (non-hydrogen) atoms. The highest BCUT2D eigenvalue weighted by Crippen LogP contribution is 2.44. The largest absolute Gasteiger partial charge is 0.481 e. The van der Waals surface area contributed by atoms with Crippen LogP contribution in [-0.2, 0) is 23.6 Å². The van der Waals surface area contributed by atoms with E-state index in [-0.39, 0.29) is 47.9 Å². The van der Waals surface area contributed by atoms with Crippen LogP contribution in [0.2, 0.25) is 0 Å². The second-order valence-electron chi connectivity index (χ2n) is 9.50. The van der Waals surface area contributed by atoms with E-state index >= 15 is 0 Å². The molecule has 1 aromatic carbocycles. The number of methoxy groups -OCH3 is 1. The molecule has 15 heteroatoms. The second-order valence-corrected chi connectivity index (χ2v) is 9.50. The topological polar surface area (TPSA) is 107 Å². The third-order valence-electron chi connectivity index (χ3n) is 6.75. The zero-order valence-corrected chi connectivity index (χ0v) is 22.8. The van der Waals surface area contributed by atoms with Crippen LogP contribution in [0.5, 0.6) is 5.88 Å². The van der Waals surface area contributed by atoms with Gasteiger partial charge in [0.05, 0.1) is 60.3 Å². The molecule has 226 valence electrons. The maximum Gasteiger partial charge on any atom is 0.416 e. The average molecular weight is 599 g/mol. The molecule has 2 N–H and O–H groups in total. The molecular weight excluding hydrogens is 570 g/mol. The van der Waals surface area contributed by atoms with E-state index in [2.05, 4.69) is 15.0 Å². The van der Waals surface area contributed by atoms with Gasteiger partial charge in [0.25, 0.3) is 0 Å². The maximum atomic E-state index is 13.7. The average Bonchev–Trinajstić information content (AvgIpc) is 2.94. The molecule has 3 aromatic rings. The van der Waals surface area contributed by atoms with Gasteiger partial charge in [-0.05, 0) is 49.6 Å². The Morgan fingerprint density at radius 3 is 2.19 bits per heavy atom. The quantitative estimate of drug-likeness (QED) is 0.312. The van der Waals surface area contributed by atoms with Gasteiger partial charge in [0, 0.05) is 18.7 Å². The number of nitrogen functional groups attached to an aromatic ring is 1. The SMILES string of the molecule is CCOC(=O)N1c2ccc(OC)nc2[C@@H](N(Cc2cc(C(F)(F)F)cc(C(F)(F)F)c2)c2ncc(N)cn2)C[C@H]1CC. The summed E-state index contributed by atoms with van der Waals surface area (Å²) >= 11 is 0. The summed E-state index contributed by atoms with van der Waals surface area (Å²) in [7, 11) is 1.38. The fourth-order valence-electron chi connectivity index (χ4n) is 4.85. The lowest BCUT2D eigenvalue weighted by molar-refractivity contribution is -0.143. The van der Waals surface area contributed by atoms with Gasteiger partial charge in [-0.25, -0.2) is 19.7 Å². The number of aromatic nitrogens is 3. The molecule has 1 amide bonds. The number of carbonyl (C=O) groups is 1. The van der Waals surface area contributed by atoms with Gasteiger partial charge in [0.15, 0.2) is 0 Å². The number of nitrogens with two attached hydrogens (primary N) is 1. The first-order chi connectivity index (χ1) is 19.8. The Kier molecular flexibility index (Phi) is 8.68. The highest BCUT2D eigenvalue weighted by Gasteiger charge is 2.42. The van der Waals surface area contributed by atoms with Crippen LogP contribution in [0.25, 0.3) is 0 Å². The van der Waals surface area contributed by atoms with E-state index in [4.69, 9.17) is 15.2 Å². The smallest absolute Gasteiger partial charge is 0.416 e. The van der Waals surface area contributed by atoms with Crippen molar-refractivity contribution in [2.45, 2.75) is 57.7 Å². The van der Waals surface area contributed by atoms with Gasteiger partial charge < -0.3 is 20.1 Å². The van der Waals surface area contributed by atoms with E-state index in [1.54, 1.807) is 13.0 Å². The maximum absolute atomic E-state index is 13.7. The van der Waals surface area contributed by atoms with E-state index in [1.807, 2.05) is 6.92 Å². The van der Waals surface area contributed by atoms with Crippen LogP contribution in [0.3, 0.4) is 0 Å². The Morgan fingerprint density at radius 2 is 1.67 bits per heavy atom. The summed E-state index contributed by atoms with van der Waals surface area (Å²) in [5, 5.41) is 0. The first kappa shape index (κ1) is 30.7. The zero-order valence-electron chi connectivity index (χ0n) is 22.8. The van der Waals surface area contributed by atoms with Crippen LogP contribution in [0.15, 0.2) is 42.7 Å². The molecule has 0 spiro atoms. The van der Waals surface area contributed by atoms with Crippen molar-refractivity contribution in [2.24, 2.45) is 0 Å². The number of rotatable bonds is 7. The summed E-state index contributed by atoms with van der Waals surface area (Å²) in [6.07, 6.45) is -7.53. The minimum Gasteiger partial charge on any atom is -0.481 e. The van der Waals surface area contributed by atoms with Crippen molar-refractivity contribution in [1.82, 2.24) is 15.0 Å². The van der Waals surface area contributed by atoms with Crippen molar-refractivity contribution in [3.8, 4) is 5.88 Å². The van der Waals surface area contributed by atoms with Crippen LogP contribution in [0.1, 0.15) is 55.1 Å². The zero-order chi connectivity index (χ0) is 30.8. The molecule has 0 fully saturated rings. The van der Waals surface area contributed by atoms with Gasteiger partial charge in [-0.1, -0.05) is 6.92 Å². The Balaban J connectivity index is 1.91. The highest BCUT2D eigenvalue weighted by molar-refractivity contribution is 5.90. The third kappa shape index (κ3) is 6.44. The van der Waals surface area contributed by atoms with Crippen molar-refractivity contribution in [3.05, 3.63) is 65.1 Å². The van der Waals surface area contributed by atoms with Crippen molar-refractivity contribution in [3.63, 3.8) is 0 Å². The van der Waals surface area contributed by atoms with Crippen LogP contribution >= 0.6 is 0 Å². The number of hydrogen-bond donors (Lipinski definition) is 1. The van der Waals surface area contributed by atoms with E-state index in [0.717, 1.165) is 0 Å². The van der Waals surface area contributed by atoms with E-state index < -0.39 is 48.2 Å². The number of nitrogens with zero attached hydrogens (tertiary/aromatic N) is 5. The second kappa shape index (κ2) is 11.9. The molecule has 9 nitrogen and oxygen atoms in total. The predicted octanol–water partition coefficient (Wildman–Crippen LogP) is 6.39. The molecule has 0 saturated carbocycles. The van der Waals surface area contributed by atoms with Crippen LogP contribution in [0, 0.1) is 0 Å². The van der Waals surface area contributed by atoms with Gasteiger partial charge in [-0.15, -0.1) is 0 Å². The lowest BCUT2D eigenvalue weighted by atomic mass is 9.92. The van der Waals surface area contributed by atoms with Gasteiger partial charge in [-0.3, -0.25) is 4.90 Å². The van der Waals surface area contributed by atoms with Gasteiger partial charge >= 0.3 is 18.4 Å². The number of hydrogen-bond acceptors (Lipinski definition) is 8. The molecule has 1 aliphatic heterocycles. The number of anilines is 3. The fraction of sp³-hybridized carbons (Fsp3) is 0.407. The van der Waals surface area contributed by atoms with Crippen molar-refractivity contribution < 1.29 is 40.6 Å². The Bertz CT molecular complexity index is 1380. The molecule has 1 aliphatic rings. The molecule has 0 saturated heterocycles. The van der Waals surface area contributed by atoms with Gasteiger partial charge in [0.2, 0.25) is 11.8 Å². The standard InChI is InChI=1S/C27H28F6N6O3/c1-4-19-11-21(23-20(6-7-22(37-23)41-3)39(19)25(40)42-5-2)38(24-35-12-18(34)13-36-24)14-15-8-16(26(28,29)30)10-17(9-15)27(31,32)33/h6-10,12-13,19,21H,4-5,11,14,34H2,1-3H3/t19-,21+/m1/s1. The first-order valence-corrected chi connectivity index (χ1v) is 12.9. The van der Waals surface area contributed by atoms with Crippen LogP contribution < -0.4 is 20.3 Å². The molecular formula is C27H28F6N6O3. The predicted molar refractivity (Wildman–Crippen MR) is 141 cm³/mol. The Labute approximate surface area is 237 Å².